The van der Waals surface area contributed by atoms with Crippen LogP contribution in [0.15, 0.2) is 28.0 Å². The summed E-state index contributed by atoms with van der Waals surface area (Å²) in [7, 11) is -4.02. The van der Waals surface area contributed by atoms with Gasteiger partial charge >= 0.3 is 0 Å². The monoisotopic (exact) mass is 320 g/mol. The normalized spacial score (nSPS) is 11.7. The van der Waals surface area contributed by atoms with Crippen LogP contribution in [0.25, 0.3) is 0 Å². The van der Waals surface area contributed by atoms with E-state index in [1.807, 2.05) is 13.8 Å². The Kier molecular flexibility index (Phi) is 3.96. The Bertz CT molecular complexity index is 865. The lowest BCUT2D eigenvalue weighted by atomic mass is 10.0. The van der Waals surface area contributed by atoms with Crippen LogP contribution in [0.3, 0.4) is 0 Å². The lowest BCUT2D eigenvalue weighted by molar-refractivity contribution is 0.449. The highest BCUT2D eigenvalue weighted by molar-refractivity contribution is 7.91. The molecule has 0 bridgehead atoms. The van der Waals surface area contributed by atoms with E-state index in [9.17, 15) is 18.6 Å². The second-order valence-corrected chi connectivity index (χ2v) is 7.50. The number of aromatic hydroxyl groups is 2. The first-order valence-corrected chi connectivity index (χ1v) is 8.41. The fourth-order valence-corrected chi connectivity index (χ4v) is 4.59. The molecular formula is C17H20O4S. The molecule has 0 saturated carbocycles. The van der Waals surface area contributed by atoms with Crippen molar-refractivity contribution in [2.24, 2.45) is 0 Å². The lowest BCUT2D eigenvalue weighted by Crippen LogP contribution is -2.09. The first-order valence-electron chi connectivity index (χ1n) is 6.93. The van der Waals surface area contributed by atoms with Gasteiger partial charge in [-0.15, -0.1) is 0 Å². The Balaban J connectivity index is 2.90. The van der Waals surface area contributed by atoms with E-state index >= 15 is 0 Å². The number of sulfone groups is 1. The molecular weight excluding hydrogens is 300 g/mol. The van der Waals surface area contributed by atoms with Gasteiger partial charge in [-0.3, -0.25) is 0 Å². The highest BCUT2D eigenvalue weighted by atomic mass is 32.2. The molecule has 118 valence electrons. The maximum atomic E-state index is 13.0. The average molecular weight is 320 g/mol. The smallest absolute Gasteiger partial charge is 0.214 e. The number of hydrogen-bond acceptors (Lipinski definition) is 4. The fourth-order valence-electron chi connectivity index (χ4n) is 2.59. The van der Waals surface area contributed by atoms with Crippen LogP contribution in [-0.2, 0) is 9.84 Å². The van der Waals surface area contributed by atoms with Gasteiger partial charge in [-0.1, -0.05) is 12.1 Å². The number of rotatable bonds is 2. The van der Waals surface area contributed by atoms with Crippen LogP contribution in [0.4, 0.5) is 0 Å². The van der Waals surface area contributed by atoms with Crippen LogP contribution in [0, 0.1) is 34.6 Å². The number of aryl methyl sites for hydroxylation is 3. The molecule has 0 heterocycles. The van der Waals surface area contributed by atoms with E-state index in [0.29, 0.717) is 16.7 Å². The number of hydrogen-bond donors (Lipinski definition) is 2. The molecule has 0 atom stereocenters. The minimum atomic E-state index is -4.02. The zero-order valence-electron chi connectivity index (χ0n) is 13.4. The maximum Gasteiger partial charge on any atom is 0.214 e. The van der Waals surface area contributed by atoms with Gasteiger partial charge in [0.05, 0.1) is 0 Å². The summed E-state index contributed by atoms with van der Waals surface area (Å²) in [6, 6.07) is 4.75. The third kappa shape index (κ3) is 2.35. The van der Waals surface area contributed by atoms with Crippen molar-refractivity contribution in [3.63, 3.8) is 0 Å². The van der Waals surface area contributed by atoms with Crippen molar-refractivity contribution in [1.29, 1.82) is 0 Å². The van der Waals surface area contributed by atoms with E-state index in [2.05, 4.69) is 0 Å². The third-order valence-electron chi connectivity index (χ3n) is 4.15. The second kappa shape index (κ2) is 5.32. The summed E-state index contributed by atoms with van der Waals surface area (Å²) in [6.07, 6.45) is 0. The lowest BCUT2D eigenvalue weighted by Gasteiger charge is -2.17. The zero-order valence-corrected chi connectivity index (χ0v) is 14.2. The van der Waals surface area contributed by atoms with E-state index in [1.54, 1.807) is 32.9 Å². The zero-order chi connectivity index (χ0) is 16.8. The quantitative estimate of drug-likeness (QED) is 0.888. The molecule has 0 aromatic heterocycles. The molecule has 5 heteroatoms. The van der Waals surface area contributed by atoms with Gasteiger partial charge < -0.3 is 10.2 Å². The summed E-state index contributed by atoms with van der Waals surface area (Å²) in [5.41, 5.74) is 3.04. The first-order chi connectivity index (χ1) is 10.1. The molecule has 0 saturated heterocycles. The summed E-state index contributed by atoms with van der Waals surface area (Å²) >= 11 is 0. The molecule has 0 spiro atoms. The van der Waals surface area contributed by atoms with E-state index < -0.39 is 9.84 Å². The van der Waals surface area contributed by atoms with Crippen molar-refractivity contribution < 1.29 is 18.6 Å². The van der Waals surface area contributed by atoms with Crippen molar-refractivity contribution in [2.75, 3.05) is 0 Å². The summed E-state index contributed by atoms with van der Waals surface area (Å²) in [5, 5.41) is 20.4. The van der Waals surface area contributed by atoms with Crippen molar-refractivity contribution in [3.8, 4) is 11.5 Å². The maximum absolute atomic E-state index is 13.0. The van der Waals surface area contributed by atoms with Gasteiger partial charge in [-0.25, -0.2) is 8.42 Å². The number of phenolic OH excluding ortho intramolecular Hbond substituents is 2. The molecule has 0 radical (unpaired) electrons. The molecule has 2 N–H and O–H groups in total. The molecule has 2 aromatic carbocycles. The summed E-state index contributed by atoms with van der Waals surface area (Å²) < 4.78 is 26.0. The fraction of sp³-hybridized carbons (Fsp3) is 0.294. The minimum Gasteiger partial charge on any atom is -0.507 e. The van der Waals surface area contributed by atoms with Crippen LogP contribution in [0.2, 0.25) is 0 Å². The Morgan fingerprint density at radius 1 is 0.773 bits per heavy atom. The van der Waals surface area contributed by atoms with Gasteiger partial charge in [0.2, 0.25) is 9.84 Å². The standard InChI is InChI=1S/C17H20O4S/c1-9-6-7-10(2)16(15(9)19)22(20,21)17-13(5)12(4)11(3)8-14(17)18/h6-8,18-19H,1-5H3. The Morgan fingerprint density at radius 2 is 1.32 bits per heavy atom. The number of phenols is 2. The molecule has 0 aliphatic carbocycles. The second-order valence-electron chi connectivity index (χ2n) is 5.67. The molecule has 0 amide bonds. The molecule has 2 aromatic rings. The molecule has 0 aliphatic heterocycles. The molecule has 22 heavy (non-hydrogen) atoms. The van der Waals surface area contributed by atoms with Gasteiger partial charge in [0, 0.05) is 0 Å². The Labute approximate surface area is 131 Å². The molecule has 0 fully saturated rings. The summed E-state index contributed by atoms with van der Waals surface area (Å²) in [6.45, 7) is 8.55. The first kappa shape index (κ1) is 16.4. The molecule has 0 aliphatic rings. The predicted octanol–water partition coefficient (Wildman–Crippen LogP) is 3.47. The Hall–Kier alpha value is -2.01. The van der Waals surface area contributed by atoms with Crippen LogP contribution < -0.4 is 0 Å². The van der Waals surface area contributed by atoms with Crippen molar-refractivity contribution >= 4 is 9.84 Å². The topological polar surface area (TPSA) is 74.6 Å². The molecule has 0 unspecified atom stereocenters. The molecule has 2 rings (SSSR count). The van der Waals surface area contributed by atoms with Gasteiger partial charge in [0.15, 0.2) is 0 Å². The molecule has 4 nitrogen and oxygen atoms in total. The largest absolute Gasteiger partial charge is 0.507 e. The summed E-state index contributed by atoms with van der Waals surface area (Å²) in [5.74, 6) is -0.557. The van der Waals surface area contributed by atoms with E-state index in [0.717, 1.165) is 11.1 Å². The van der Waals surface area contributed by atoms with E-state index in [-0.39, 0.29) is 21.3 Å². The van der Waals surface area contributed by atoms with Crippen LogP contribution in [0.5, 0.6) is 11.5 Å². The van der Waals surface area contributed by atoms with Gasteiger partial charge in [0.1, 0.15) is 21.3 Å². The summed E-state index contributed by atoms with van der Waals surface area (Å²) in [4.78, 5) is -0.284. The SMILES string of the molecule is Cc1cc(O)c(S(=O)(=O)c2c(C)ccc(C)c2O)c(C)c1C. The Morgan fingerprint density at radius 3 is 1.91 bits per heavy atom. The van der Waals surface area contributed by atoms with Crippen molar-refractivity contribution in [2.45, 2.75) is 44.4 Å². The van der Waals surface area contributed by atoms with Crippen LogP contribution in [-0.4, -0.2) is 18.6 Å². The van der Waals surface area contributed by atoms with Crippen LogP contribution in [0.1, 0.15) is 27.8 Å². The van der Waals surface area contributed by atoms with Gasteiger partial charge in [-0.2, -0.15) is 0 Å². The van der Waals surface area contributed by atoms with Gasteiger partial charge in [-0.05, 0) is 68.5 Å². The van der Waals surface area contributed by atoms with Crippen LogP contribution >= 0.6 is 0 Å². The van der Waals surface area contributed by atoms with E-state index in [1.165, 1.54) is 6.07 Å². The van der Waals surface area contributed by atoms with E-state index in [4.69, 9.17) is 0 Å². The third-order valence-corrected chi connectivity index (χ3v) is 6.25. The number of benzene rings is 2. The van der Waals surface area contributed by atoms with Gasteiger partial charge in [0.25, 0.3) is 0 Å². The highest BCUT2D eigenvalue weighted by Crippen LogP contribution is 2.40. The predicted molar refractivity (Wildman–Crippen MR) is 85.4 cm³/mol. The van der Waals surface area contributed by atoms with Crippen molar-refractivity contribution in [3.05, 3.63) is 46.0 Å². The van der Waals surface area contributed by atoms with Crippen molar-refractivity contribution in [1.82, 2.24) is 0 Å². The highest BCUT2D eigenvalue weighted by Gasteiger charge is 2.30. The average Bonchev–Trinajstić information content (AvgIpc) is 2.40. The minimum absolute atomic E-state index is 0.139.